The molecule has 3 aromatic rings. The van der Waals surface area contributed by atoms with Gasteiger partial charge in [-0.15, -0.1) is 0 Å². The Kier molecular flexibility index (Phi) is 14.3. The van der Waals surface area contributed by atoms with E-state index < -0.39 is 90.7 Å². The van der Waals surface area contributed by atoms with Gasteiger partial charge in [-0.05, 0) is 43.5 Å². The molecule has 0 radical (unpaired) electrons. The van der Waals surface area contributed by atoms with Crippen LogP contribution in [-0.4, -0.2) is 139 Å². The van der Waals surface area contributed by atoms with Crippen LogP contribution in [0.4, 0.5) is 16.3 Å². The molecule has 2 aliphatic rings. The van der Waals surface area contributed by atoms with Crippen molar-refractivity contribution in [2.45, 2.75) is 83.4 Å². The van der Waals surface area contributed by atoms with Crippen molar-refractivity contribution in [3.05, 3.63) is 60.6 Å². The highest BCUT2D eigenvalue weighted by Gasteiger charge is 2.44. The molecule has 5 rings (SSSR count). The number of rotatable bonds is 16. The summed E-state index contributed by atoms with van der Waals surface area (Å²) in [6.07, 6.45) is -0.450. The number of pyridine rings is 1. The normalized spacial score (nSPS) is 21.2. The van der Waals surface area contributed by atoms with Gasteiger partial charge in [-0.3, -0.25) is 33.7 Å². The van der Waals surface area contributed by atoms with Gasteiger partial charge in [-0.1, -0.05) is 26.0 Å². The van der Waals surface area contributed by atoms with E-state index >= 15 is 0 Å². The highest BCUT2D eigenvalue weighted by molar-refractivity contribution is 6.13. The van der Waals surface area contributed by atoms with Crippen molar-refractivity contribution in [2.24, 2.45) is 5.92 Å². The van der Waals surface area contributed by atoms with Crippen LogP contribution in [0.1, 0.15) is 39.7 Å². The smallest absolute Gasteiger partial charge is 0.410 e. The lowest BCUT2D eigenvalue weighted by Gasteiger charge is -2.42. The minimum atomic E-state index is -1.46. The van der Waals surface area contributed by atoms with Crippen LogP contribution >= 0.6 is 0 Å². The first-order chi connectivity index (χ1) is 28.0. The van der Waals surface area contributed by atoms with Gasteiger partial charge in [0.1, 0.15) is 43.0 Å². The molecule has 0 saturated carbocycles. The number of benzene rings is 1. The molecule has 2 aliphatic heterocycles. The van der Waals surface area contributed by atoms with E-state index in [1.54, 1.807) is 57.3 Å². The molecule has 21 nitrogen and oxygen atoms in total. The number of aliphatic hydroxyl groups excluding tert-OH is 2. The van der Waals surface area contributed by atoms with E-state index in [2.05, 4.69) is 41.5 Å². The van der Waals surface area contributed by atoms with Crippen LogP contribution in [0.15, 0.2) is 55.0 Å². The highest BCUT2D eigenvalue weighted by atomic mass is 16.6. The van der Waals surface area contributed by atoms with Crippen LogP contribution in [0.2, 0.25) is 0 Å². The maximum atomic E-state index is 13.0. The number of nitrogens with one attached hydrogen (secondary N) is 6. The van der Waals surface area contributed by atoms with E-state index in [4.69, 9.17) is 9.47 Å². The number of imide groups is 1. The summed E-state index contributed by atoms with van der Waals surface area (Å²) in [5.41, 5.74) is 2.17. The number of ether oxygens (including phenoxy) is 2. The third kappa shape index (κ3) is 11.1. The second-order valence-corrected chi connectivity index (χ2v) is 14.5. The van der Waals surface area contributed by atoms with Crippen molar-refractivity contribution in [3.8, 4) is 0 Å². The lowest BCUT2D eigenvalue weighted by atomic mass is 9.96. The summed E-state index contributed by atoms with van der Waals surface area (Å²) in [5.74, 6) is -3.37. The fraction of sp³-hybridized carbons (Fsp3) is 0.447. The van der Waals surface area contributed by atoms with Crippen LogP contribution in [-0.2, 0) is 44.8 Å². The van der Waals surface area contributed by atoms with Crippen molar-refractivity contribution in [1.29, 1.82) is 0 Å². The second kappa shape index (κ2) is 19.3. The van der Waals surface area contributed by atoms with Crippen molar-refractivity contribution >= 4 is 64.1 Å². The number of carbonyl (C=O) groups is 7. The SMILES string of the molecule is CC(C)[C@H](NC(=O)CCN1C(=O)C=CC1=O)C(=O)N[C@@H](C)C(=O)Nc1ccc(COC(=O)N(C)CC(=O)N[C@@H]2[C@@H](O)[C@@H](O)[C@@H](Nc3nccc4[nH]cnc34)O[C@H]2C)cc1. The van der Waals surface area contributed by atoms with Gasteiger partial charge in [-0.25, -0.2) is 14.8 Å². The van der Waals surface area contributed by atoms with E-state index in [0.29, 0.717) is 28.1 Å². The molecule has 7 atom stereocenters. The molecule has 2 aromatic heterocycles. The summed E-state index contributed by atoms with van der Waals surface area (Å²) < 4.78 is 11.2. The van der Waals surface area contributed by atoms with Crippen LogP contribution in [0, 0.1) is 5.92 Å². The van der Waals surface area contributed by atoms with Gasteiger partial charge in [-0.2, -0.15) is 0 Å². The number of likely N-dealkylation sites (N-methyl/N-ethyl adjacent to an activating group) is 1. The van der Waals surface area contributed by atoms with Crippen molar-refractivity contribution < 1.29 is 53.2 Å². The first-order valence-electron chi connectivity index (χ1n) is 18.8. The number of amides is 7. The predicted molar refractivity (Wildman–Crippen MR) is 209 cm³/mol. The molecule has 0 bridgehead atoms. The highest BCUT2D eigenvalue weighted by Crippen LogP contribution is 2.25. The van der Waals surface area contributed by atoms with E-state index in [9.17, 15) is 43.8 Å². The number of anilines is 2. The van der Waals surface area contributed by atoms with Crippen molar-refractivity contribution in [1.82, 2.24) is 40.7 Å². The molecule has 8 N–H and O–H groups in total. The zero-order valence-electron chi connectivity index (χ0n) is 33.0. The first-order valence-corrected chi connectivity index (χ1v) is 18.8. The third-order valence-corrected chi connectivity index (χ3v) is 9.60. The number of aromatic nitrogens is 3. The molecule has 1 fully saturated rings. The lowest BCUT2D eigenvalue weighted by Crippen LogP contribution is -2.64. The third-order valence-electron chi connectivity index (χ3n) is 9.60. The van der Waals surface area contributed by atoms with Gasteiger partial charge in [0.25, 0.3) is 11.8 Å². The maximum absolute atomic E-state index is 13.0. The second-order valence-electron chi connectivity index (χ2n) is 14.5. The van der Waals surface area contributed by atoms with Gasteiger partial charge >= 0.3 is 6.09 Å². The summed E-state index contributed by atoms with van der Waals surface area (Å²) in [5, 5.41) is 35.1. The lowest BCUT2D eigenvalue weighted by molar-refractivity contribution is -0.172. The monoisotopic (exact) mass is 820 g/mol. The molecule has 7 amide bonds. The van der Waals surface area contributed by atoms with Crippen LogP contribution in [0.3, 0.4) is 0 Å². The number of aromatic amines is 1. The molecule has 21 heteroatoms. The molecule has 59 heavy (non-hydrogen) atoms. The fourth-order valence-electron chi connectivity index (χ4n) is 6.21. The number of imidazole rings is 1. The molecule has 4 heterocycles. The van der Waals surface area contributed by atoms with Crippen LogP contribution < -0.4 is 26.6 Å². The Morgan fingerprint density at radius 2 is 1.64 bits per heavy atom. The largest absolute Gasteiger partial charge is 0.445 e. The van der Waals surface area contributed by atoms with E-state index in [1.165, 1.54) is 20.3 Å². The number of hydrogen-bond acceptors (Lipinski definition) is 14. The Morgan fingerprint density at radius 1 is 0.949 bits per heavy atom. The van der Waals surface area contributed by atoms with Gasteiger partial charge in [0.15, 0.2) is 12.0 Å². The summed E-state index contributed by atoms with van der Waals surface area (Å²) in [4.78, 5) is 101. The van der Waals surface area contributed by atoms with Crippen LogP contribution in [0.25, 0.3) is 11.0 Å². The van der Waals surface area contributed by atoms with Gasteiger partial charge < -0.3 is 56.2 Å². The number of nitrogens with zero attached hydrogens (tertiary/aromatic N) is 4. The van der Waals surface area contributed by atoms with E-state index in [1.807, 2.05) is 0 Å². The maximum Gasteiger partial charge on any atom is 0.410 e. The predicted octanol–water partition coefficient (Wildman–Crippen LogP) is -0.511. The minimum Gasteiger partial charge on any atom is -0.445 e. The molecule has 0 unspecified atom stereocenters. The summed E-state index contributed by atoms with van der Waals surface area (Å²) >= 11 is 0. The Bertz CT molecular complexity index is 2060. The molecule has 1 aromatic carbocycles. The summed E-state index contributed by atoms with van der Waals surface area (Å²) in [7, 11) is 1.35. The number of carbonyl (C=O) groups excluding carboxylic acids is 7. The zero-order valence-corrected chi connectivity index (χ0v) is 33.0. The minimum absolute atomic E-state index is 0.139. The summed E-state index contributed by atoms with van der Waals surface area (Å²) in [6.45, 7) is 5.79. The van der Waals surface area contributed by atoms with Crippen LogP contribution in [0.5, 0.6) is 0 Å². The number of H-pyrrole nitrogens is 1. The molecular weight excluding hydrogens is 772 g/mol. The zero-order chi connectivity index (χ0) is 43.0. The van der Waals surface area contributed by atoms with Crippen molar-refractivity contribution in [2.75, 3.05) is 30.8 Å². The molecule has 0 spiro atoms. The Labute approximate surface area is 338 Å². The van der Waals surface area contributed by atoms with E-state index in [-0.39, 0.29) is 25.5 Å². The molecule has 0 aliphatic carbocycles. The van der Waals surface area contributed by atoms with Gasteiger partial charge in [0.2, 0.25) is 23.6 Å². The summed E-state index contributed by atoms with van der Waals surface area (Å²) in [6, 6.07) is 5.08. The van der Waals surface area contributed by atoms with E-state index in [0.717, 1.165) is 22.0 Å². The number of fused-ring (bicyclic) bond motifs is 1. The Morgan fingerprint density at radius 3 is 2.32 bits per heavy atom. The van der Waals surface area contributed by atoms with Gasteiger partial charge in [0.05, 0.1) is 24.0 Å². The fourth-order valence-corrected chi connectivity index (χ4v) is 6.21. The van der Waals surface area contributed by atoms with Crippen molar-refractivity contribution in [3.63, 3.8) is 0 Å². The van der Waals surface area contributed by atoms with Gasteiger partial charge in [0, 0.05) is 44.0 Å². The molecule has 1 saturated heterocycles. The quantitative estimate of drug-likeness (QED) is 0.0846. The molecule has 316 valence electrons. The Hall–Kier alpha value is -6.45. The number of aliphatic hydroxyl groups is 2. The first kappa shape index (κ1) is 43.7. The molecular formula is C38H48N10O11. The Balaban J connectivity index is 1.02. The standard InChI is InChI=1S/C38H48N10O11/c1-19(2)29(44-25(49)13-15-48-27(51)10-11-28(48)52)36(56)42-20(3)35(55)43-23-8-6-22(7-9-23)17-58-38(57)47(5)16-26(50)45-30-21(4)59-37(33(54)32(30)53)46-34-31-24(12-14-39-34)40-18-41-31/h6-12,14,18-21,29-30,32-33,37,53-54H,13,15-17H2,1-5H3,(H,39,46)(H,40,41)(H,42,56)(H,43,55)(H,44,49)(H,45,50)/t20-,21-,29-,30-,32+,33+,37-/m0/s1. The topological polar surface area (TPSA) is 287 Å². The average molecular weight is 821 g/mol. The number of hydrogen-bond donors (Lipinski definition) is 8. The average Bonchev–Trinajstić information content (AvgIpc) is 3.81.